The molecule has 0 radical (unpaired) electrons. The van der Waals surface area contributed by atoms with Gasteiger partial charge in [0, 0.05) is 31.3 Å². The Hall–Kier alpha value is -2.11. The van der Waals surface area contributed by atoms with E-state index in [-0.39, 0.29) is 24.1 Å². The van der Waals surface area contributed by atoms with Gasteiger partial charge in [0.2, 0.25) is 5.91 Å². The second kappa shape index (κ2) is 8.50. The number of rotatable bonds is 3. The number of hydrogen-bond donors (Lipinski definition) is 0. The summed E-state index contributed by atoms with van der Waals surface area (Å²) in [6.45, 7) is 8.03. The van der Waals surface area contributed by atoms with Gasteiger partial charge in [0.15, 0.2) is 0 Å². The fourth-order valence-electron chi connectivity index (χ4n) is 4.38. The first kappa shape index (κ1) is 20.6. The maximum Gasteiger partial charge on any atom is 0.416 e. The van der Waals surface area contributed by atoms with Crippen molar-refractivity contribution < 1.29 is 14.3 Å². The molecule has 1 aliphatic heterocycles. The lowest BCUT2D eigenvalue weighted by Crippen LogP contribution is -2.44. The lowest BCUT2D eigenvalue weighted by Gasteiger charge is -2.38. The summed E-state index contributed by atoms with van der Waals surface area (Å²) in [4.78, 5) is 33.7. The van der Waals surface area contributed by atoms with Crippen LogP contribution in [0.25, 0.3) is 0 Å². The zero-order valence-electron chi connectivity index (χ0n) is 17.6. The number of carbonyl (C=O) groups is 2. The molecule has 2 amide bonds. The molecular weight excluding hydrogens is 354 g/mol. The highest BCUT2D eigenvalue weighted by atomic mass is 16.6. The van der Waals surface area contributed by atoms with Gasteiger partial charge in [0.1, 0.15) is 11.4 Å². The Kier molecular flexibility index (Phi) is 6.26. The first-order chi connectivity index (χ1) is 13.3. The van der Waals surface area contributed by atoms with Crippen molar-refractivity contribution in [2.45, 2.75) is 90.3 Å². The molecule has 1 aromatic rings. The number of pyridine rings is 1. The third kappa shape index (κ3) is 4.65. The highest BCUT2D eigenvalue weighted by molar-refractivity contribution is 5.88. The molecule has 1 aromatic heterocycles. The predicted octanol–water partition coefficient (Wildman–Crippen LogP) is 4.84. The van der Waals surface area contributed by atoms with Gasteiger partial charge in [-0.05, 0) is 58.9 Å². The van der Waals surface area contributed by atoms with Crippen molar-refractivity contribution in [3.8, 4) is 0 Å². The number of anilines is 1. The van der Waals surface area contributed by atoms with Gasteiger partial charge in [-0.3, -0.25) is 9.69 Å². The number of aromatic nitrogens is 1. The molecule has 2 aliphatic rings. The van der Waals surface area contributed by atoms with Gasteiger partial charge in [-0.1, -0.05) is 18.9 Å². The van der Waals surface area contributed by atoms with E-state index in [9.17, 15) is 9.59 Å². The van der Waals surface area contributed by atoms with Crippen LogP contribution in [-0.4, -0.2) is 40.1 Å². The average Bonchev–Trinajstić information content (AvgIpc) is 3.15. The van der Waals surface area contributed by atoms with Gasteiger partial charge in [-0.15, -0.1) is 0 Å². The summed E-state index contributed by atoms with van der Waals surface area (Å²) in [5.74, 6) is 0.728. The molecule has 6 heteroatoms. The fraction of sp³-hybridized carbons (Fsp3) is 0.682. The molecule has 6 nitrogen and oxygen atoms in total. The molecular formula is C22H33N3O3. The predicted molar refractivity (Wildman–Crippen MR) is 109 cm³/mol. The molecule has 1 saturated heterocycles. The van der Waals surface area contributed by atoms with E-state index in [2.05, 4.69) is 4.98 Å². The Balaban J connectivity index is 2.01. The number of piperidine rings is 1. The number of nitrogens with zero attached hydrogens (tertiary/aromatic N) is 3. The molecule has 2 fully saturated rings. The molecule has 2 heterocycles. The lowest BCUT2D eigenvalue weighted by molar-refractivity contribution is -0.132. The number of hydrogen-bond acceptors (Lipinski definition) is 4. The first-order valence-corrected chi connectivity index (χ1v) is 10.5. The number of amides is 2. The smallest absolute Gasteiger partial charge is 0.416 e. The summed E-state index contributed by atoms with van der Waals surface area (Å²) in [5.41, 5.74) is 0.384. The van der Waals surface area contributed by atoms with E-state index >= 15 is 0 Å². The van der Waals surface area contributed by atoms with Crippen LogP contribution in [0.4, 0.5) is 10.6 Å². The Morgan fingerprint density at radius 1 is 1.14 bits per heavy atom. The quantitative estimate of drug-likeness (QED) is 0.744. The third-order valence-corrected chi connectivity index (χ3v) is 5.59. The van der Waals surface area contributed by atoms with E-state index in [0.717, 1.165) is 57.1 Å². The average molecular weight is 388 g/mol. The second-order valence-corrected chi connectivity index (χ2v) is 8.93. The van der Waals surface area contributed by atoms with Crippen LogP contribution in [0.3, 0.4) is 0 Å². The molecule has 3 rings (SSSR count). The van der Waals surface area contributed by atoms with Crippen molar-refractivity contribution in [3.63, 3.8) is 0 Å². The normalized spacial score (nSPS) is 20.9. The second-order valence-electron chi connectivity index (χ2n) is 8.93. The van der Waals surface area contributed by atoms with Gasteiger partial charge in [-0.2, -0.15) is 0 Å². The Morgan fingerprint density at radius 2 is 1.82 bits per heavy atom. The van der Waals surface area contributed by atoms with Crippen molar-refractivity contribution in [1.29, 1.82) is 0 Å². The fourth-order valence-corrected chi connectivity index (χ4v) is 4.38. The summed E-state index contributed by atoms with van der Waals surface area (Å²) >= 11 is 0. The first-order valence-electron chi connectivity index (χ1n) is 10.5. The summed E-state index contributed by atoms with van der Waals surface area (Å²) in [7, 11) is 0. The molecule has 0 spiro atoms. The Bertz CT molecular complexity index is 707. The Morgan fingerprint density at radius 3 is 2.46 bits per heavy atom. The van der Waals surface area contributed by atoms with Gasteiger partial charge < -0.3 is 9.64 Å². The maximum atomic E-state index is 13.2. The highest BCUT2D eigenvalue weighted by Crippen LogP contribution is 2.38. The number of likely N-dealkylation sites (tertiary alicyclic amines) is 1. The minimum Gasteiger partial charge on any atom is -0.443 e. The topological polar surface area (TPSA) is 62.7 Å². The summed E-state index contributed by atoms with van der Waals surface area (Å²) in [5, 5.41) is 0. The highest BCUT2D eigenvalue weighted by Gasteiger charge is 2.36. The zero-order valence-corrected chi connectivity index (χ0v) is 17.6. The molecule has 28 heavy (non-hydrogen) atoms. The molecule has 1 atom stereocenters. The monoisotopic (exact) mass is 387 g/mol. The van der Waals surface area contributed by atoms with Crippen molar-refractivity contribution in [2.24, 2.45) is 0 Å². The van der Waals surface area contributed by atoms with Crippen LogP contribution in [-0.2, 0) is 9.53 Å². The van der Waals surface area contributed by atoms with E-state index in [4.69, 9.17) is 4.74 Å². The zero-order chi connectivity index (χ0) is 20.3. The van der Waals surface area contributed by atoms with Crippen molar-refractivity contribution in [3.05, 3.63) is 23.9 Å². The van der Waals surface area contributed by atoms with Gasteiger partial charge in [0.25, 0.3) is 0 Å². The van der Waals surface area contributed by atoms with Crippen molar-refractivity contribution >= 4 is 17.8 Å². The van der Waals surface area contributed by atoms with E-state index in [1.807, 2.05) is 37.8 Å². The summed E-state index contributed by atoms with van der Waals surface area (Å²) < 4.78 is 5.75. The van der Waals surface area contributed by atoms with Crippen LogP contribution >= 0.6 is 0 Å². The minimum absolute atomic E-state index is 0.0405. The summed E-state index contributed by atoms with van der Waals surface area (Å²) in [6.07, 6.45) is 8.49. The lowest BCUT2D eigenvalue weighted by atomic mass is 9.95. The molecule has 1 saturated carbocycles. The van der Waals surface area contributed by atoms with E-state index in [0.29, 0.717) is 5.82 Å². The van der Waals surface area contributed by atoms with Crippen molar-refractivity contribution in [2.75, 3.05) is 11.4 Å². The third-order valence-electron chi connectivity index (χ3n) is 5.59. The van der Waals surface area contributed by atoms with Crippen LogP contribution in [0.5, 0.6) is 0 Å². The molecule has 0 N–H and O–H groups in total. The van der Waals surface area contributed by atoms with Crippen LogP contribution < -0.4 is 4.90 Å². The van der Waals surface area contributed by atoms with Crippen LogP contribution in [0.15, 0.2) is 18.3 Å². The van der Waals surface area contributed by atoms with E-state index < -0.39 is 5.60 Å². The van der Waals surface area contributed by atoms with Crippen molar-refractivity contribution in [1.82, 2.24) is 9.88 Å². The van der Waals surface area contributed by atoms with Crippen LogP contribution in [0.2, 0.25) is 0 Å². The number of carbonyl (C=O) groups excluding carboxylic acids is 2. The molecule has 154 valence electrons. The minimum atomic E-state index is -0.570. The van der Waals surface area contributed by atoms with Gasteiger partial charge in [0.05, 0.1) is 6.04 Å². The van der Waals surface area contributed by atoms with Gasteiger partial charge in [-0.25, -0.2) is 9.78 Å². The molecule has 0 bridgehead atoms. The van der Waals surface area contributed by atoms with Crippen LogP contribution in [0.1, 0.15) is 84.2 Å². The van der Waals surface area contributed by atoms with Gasteiger partial charge >= 0.3 is 6.09 Å². The molecule has 1 aliphatic carbocycles. The SMILES string of the molecule is CC(=O)N1CCCC[C@H]1c1cccnc1N(C(=O)OC(C)(C)C)C1CCCC1. The number of ether oxygens (including phenoxy) is 1. The maximum absolute atomic E-state index is 13.2. The molecule has 0 unspecified atom stereocenters. The van der Waals surface area contributed by atoms with E-state index in [1.54, 1.807) is 18.0 Å². The Labute approximate surface area is 168 Å². The summed E-state index contributed by atoms with van der Waals surface area (Å²) in [6, 6.07) is 3.97. The standard InChI is InChI=1S/C22H33N3O3/c1-16(26)24-15-8-7-13-19(24)18-12-9-14-23-20(18)25(17-10-5-6-11-17)21(27)28-22(2,3)4/h9,12,14,17,19H,5-8,10-11,13,15H2,1-4H3/t19-/m0/s1. The van der Waals surface area contributed by atoms with E-state index in [1.165, 1.54) is 0 Å². The van der Waals surface area contributed by atoms with Crippen LogP contribution in [0, 0.1) is 0 Å². The largest absolute Gasteiger partial charge is 0.443 e. The molecule has 0 aromatic carbocycles.